The Kier molecular flexibility index (Phi) is 4.85. The first-order valence-corrected chi connectivity index (χ1v) is 7.07. The van der Waals surface area contributed by atoms with Crippen molar-refractivity contribution in [2.75, 3.05) is 0 Å². The number of amides is 1. The molecule has 0 spiro atoms. The van der Waals surface area contributed by atoms with E-state index in [9.17, 15) is 14.4 Å². The topological polar surface area (TPSA) is 121 Å². The average Bonchev–Trinajstić information content (AvgIpc) is 2.77. The number of halogens is 1. The molecular formula is C14H14ClN3O5. The number of carboxylic acids is 2. The minimum Gasteiger partial charge on any atom is -0.481 e. The molecule has 0 aromatic carbocycles. The number of hydrogen-bond acceptors (Lipinski definition) is 4. The van der Waals surface area contributed by atoms with Gasteiger partial charge in [0.25, 0.3) is 5.91 Å². The number of nitrogens with zero attached hydrogens (tertiary/aromatic N) is 2. The first-order chi connectivity index (χ1) is 10.8. The van der Waals surface area contributed by atoms with Gasteiger partial charge in [-0.15, -0.1) is 0 Å². The number of fused-ring (bicyclic) bond motifs is 1. The van der Waals surface area contributed by atoms with Crippen molar-refractivity contribution < 1.29 is 24.6 Å². The monoisotopic (exact) mass is 339 g/mol. The van der Waals surface area contributed by atoms with Crippen LogP contribution in [0, 0.1) is 6.92 Å². The van der Waals surface area contributed by atoms with Crippen molar-refractivity contribution in [3.8, 4) is 0 Å². The molecule has 1 atom stereocenters. The Morgan fingerprint density at radius 2 is 2.04 bits per heavy atom. The van der Waals surface area contributed by atoms with Crippen molar-refractivity contribution in [3.05, 3.63) is 34.7 Å². The predicted octanol–water partition coefficient (Wildman–Crippen LogP) is 1.34. The second-order valence-corrected chi connectivity index (χ2v) is 5.35. The second-order valence-electron chi connectivity index (χ2n) is 4.92. The van der Waals surface area contributed by atoms with Crippen LogP contribution >= 0.6 is 11.6 Å². The SMILES string of the molecule is Cc1nc2ccc(Cl)cn2c1C(=O)NC(CCC(=O)O)C(=O)O. The number of carboxylic acid groups (broad SMARTS) is 2. The lowest BCUT2D eigenvalue weighted by molar-refractivity contribution is -0.140. The zero-order valence-corrected chi connectivity index (χ0v) is 12.9. The highest BCUT2D eigenvalue weighted by atomic mass is 35.5. The molecule has 0 fully saturated rings. The first kappa shape index (κ1) is 16.8. The minimum absolute atomic E-state index is 0.157. The van der Waals surface area contributed by atoms with Gasteiger partial charge in [-0.05, 0) is 25.5 Å². The molecule has 0 saturated heterocycles. The summed E-state index contributed by atoms with van der Waals surface area (Å²) in [5, 5.41) is 20.5. The molecular weight excluding hydrogens is 326 g/mol. The third-order valence-electron chi connectivity index (χ3n) is 3.22. The molecule has 2 aromatic heterocycles. The lowest BCUT2D eigenvalue weighted by atomic mass is 10.1. The number of hydrogen-bond donors (Lipinski definition) is 3. The summed E-state index contributed by atoms with van der Waals surface area (Å²) in [6.07, 6.45) is 0.918. The van der Waals surface area contributed by atoms with Crippen LogP contribution in [-0.4, -0.2) is 43.5 Å². The molecule has 1 amide bonds. The van der Waals surface area contributed by atoms with E-state index in [2.05, 4.69) is 10.3 Å². The van der Waals surface area contributed by atoms with E-state index in [4.69, 9.17) is 21.8 Å². The fourth-order valence-corrected chi connectivity index (χ4v) is 2.32. The van der Waals surface area contributed by atoms with Gasteiger partial charge in [0.2, 0.25) is 0 Å². The highest BCUT2D eigenvalue weighted by Gasteiger charge is 2.24. The third-order valence-corrected chi connectivity index (χ3v) is 3.45. The van der Waals surface area contributed by atoms with Gasteiger partial charge in [0.05, 0.1) is 10.7 Å². The summed E-state index contributed by atoms with van der Waals surface area (Å²) in [6.45, 7) is 1.61. The second kappa shape index (κ2) is 6.66. The van der Waals surface area contributed by atoms with Crippen LogP contribution in [0.2, 0.25) is 5.02 Å². The normalized spacial score (nSPS) is 12.1. The van der Waals surface area contributed by atoms with Crippen LogP contribution in [-0.2, 0) is 9.59 Å². The number of carbonyl (C=O) groups is 3. The maximum Gasteiger partial charge on any atom is 0.326 e. The van der Waals surface area contributed by atoms with Crippen molar-refractivity contribution in [2.24, 2.45) is 0 Å². The van der Waals surface area contributed by atoms with Gasteiger partial charge in [-0.2, -0.15) is 0 Å². The summed E-state index contributed by atoms with van der Waals surface area (Å²) in [6, 6.07) is 1.95. The third kappa shape index (κ3) is 3.78. The summed E-state index contributed by atoms with van der Waals surface area (Å²) < 4.78 is 1.46. The number of aryl methyl sites for hydroxylation is 1. The summed E-state index contributed by atoms with van der Waals surface area (Å²) in [4.78, 5) is 38.3. The quantitative estimate of drug-likeness (QED) is 0.730. The van der Waals surface area contributed by atoms with Crippen LogP contribution in [0.25, 0.3) is 5.65 Å². The Morgan fingerprint density at radius 3 is 2.65 bits per heavy atom. The van der Waals surface area contributed by atoms with Crippen molar-refractivity contribution in [2.45, 2.75) is 25.8 Å². The van der Waals surface area contributed by atoms with Crippen molar-refractivity contribution in [3.63, 3.8) is 0 Å². The fourth-order valence-electron chi connectivity index (χ4n) is 2.16. The molecule has 0 aliphatic rings. The molecule has 23 heavy (non-hydrogen) atoms. The van der Waals surface area contributed by atoms with E-state index < -0.39 is 23.9 Å². The van der Waals surface area contributed by atoms with Crippen molar-refractivity contribution in [1.82, 2.24) is 14.7 Å². The van der Waals surface area contributed by atoms with Gasteiger partial charge in [-0.3, -0.25) is 14.0 Å². The number of carbonyl (C=O) groups excluding carboxylic acids is 1. The number of pyridine rings is 1. The number of imidazole rings is 1. The highest BCUT2D eigenvalue weighted by molar-refractivity contribution is 6.30. The Bertz CT molecular complexity index is 786. The summed E-state index contributed by atoms with van der Waals surface area (Å²) in [5.74, 6) is -3.09. The van der Waals surface area contributed by atoms with Crippen LogP contribution in [0.1, 0.15) is 29.0 Å². The molecule has 2 heterocycles. The minimum atomic E-state index is -1.30. The average molecular weight is 340 g/mol. The zero-order chi connectivity index (χ0) is 17.1. The van der Waals surface area contributed by atoms with Gasteiger partial charge in [-0.1, -0.05) is 11.6 Å². The molecule has 1 unspecified atom stereocenters. The van der Waals surface area contributed by atoms with Crippen LogP contribution in [0.4, 0.5) is 0 Å². The van der Waals surface area contributed by atoms with E-state index in [-0.39, 0.29) is 18.5 Å². The van der Waals surface area contributed by atoms with E-state index in [0.29, 0.717) is 16.4 Å². The molecule has 3 N–H and O–H groups in total. The molecule has 0 bridgehead atoms. The molecule has 0 radical (unpaired) electrons. The van der Waals surface area contributed by atoms with Gasteiger partial charge in [0.15, 0.2) is 0 Å². The molecule has 9 heteroatoms. The first-order valence-electron chi connectivity index (χ1n) is 6.69. The van der Waals surface area contributed by atoms with E-state index >= 15 is 0 Å². The smallest absolute Gasteiger partial charge is 0.326 e. The molecule has 0 aliphatic carbocycles. The maximum absolute atomic E-state index is 12.4. The zero-order valence-electron chi connectivity index (χ0n) is 12.1. The van der Waals surface area contributed by atoms with Gasteiger partial charge < -0.3 is 15.5 Å². The Labute approximate surface area is 135 Å². The standard InChI is InChI=1S/C14H14ClN3O5/c1-7-12(18-6-8(15)2-4-10(18)16-7)13(21)17-9(14(22)23)3-5-11(19)20/h2,4,6,9H,3,5H2,1H3,(H,17,21)(H,19,20)(H,22,23). The molecule has 2 aromatic rings. The van der Waals surface area contributed by atoms with E-state index in [1.54, 1.807) is 19.1 Å². The molecule has 0 saturated carbocycles. The van der Waals surface area contributed by atoms with Crippen LogP contribution < -0.4 is 5.32 Å². The van der Waals surface area contributed by atoms with Crippen LogP contribution in [0.15, 0.2) is 18.3 Å². The lowest BCUT2D eigenvalue weighted by Gasteiger charge is -2.13. The lowest BCUT2D eigenvalue weighted by Crippen LogP contribution is -2.41. The summed E-state index contributed by atoms with van der Waals surface area (Å²) in [5.41, 5.74) is 1.06. The van der Waals surface area contributed by atoms with Gasteiger partial charge in [-0.25, -0.2) is 9.78 Å². The Morgan fingerprint density at radius 1 is 1.35 bits per heavy atom. The van der Waals surface area contributed by atoms with E-state index in [1.807, 2.05) is 0 Å². The predicted molar refractivity (Wildman–Crippen MR) is 80.7 cm³/mol. The molecule has 122 valence electrons. The van der Waals surface area contributed by atoms with E-state index in [1.165, 1.54) is 10.6 Å². The molecule has 2 rings (SSSR count). The number of rotatable bonds is 6. The van der Waals surface area contributed by atoms with Crippen molar-refractivity contribution in [1.29, 1.82) is 0 Å². The Balaban J connectivity index is 2.28. The highest BCUT2D eigenvalue weighted by Crippen LogP contribution is 2.16. The molecule has 0 aliphatic heterocycles. The van der Waals surface area contributed by atoms with Crippen LogP contribution in [0.5, 0.6) is 0 Å². The van der Waals surface area contributed by atoms with Gasteiger partial charge >= 0.3 is 11.9 Å². The maximum atomic E-state index is 12.4. The largest absolute Gasteiger partial charge is 0.481 e. The summed E-state index contributed by atoms with van der Waals surface area (Å²) >= 11 is 5.91. The molecule has 8 nitrogen and oxygen atoms in total. The van der Waals surface area contributed by atoms with Crippen LogP contribution in [0.3, 0.4) is 0 Å². The van der Waals surface area contributed by atoms with Crippen molar-refractivity contribution >= 4 is 35.1 Å². The summed E-state index contributed by atoms with van der Waals surface area (Å²) in [7, 11) is 0. The number of aliphatic carboxylic acids is 2. The number of aromatic nitrogens is 2. The Hall–Kier alpha value is -2.61. The fraction of sp³-hybridized carbons (Fsp3) is 0.286. The van der Waals surface area contributed by atoms with Gasteiger partial charge in [0.1, 0.15) is 17.4 Å². The number of nitrogens with one attached hydrogen (secondary N) is 1. The van der Waals surface area contributed by atoms with Gasteiger partial charge in [0, 0.05) is 12.6 Å². The van der Waals surface area contributed by atoms with E-state index in [0.717, 1.165) is 0 Å².